The van der Waals surface area contributed by atoms with Gasteiger partial charge in [-0.3, -0.25) is 0 Å². The van der Waals surface area contributed by atoms with Crippen LogP contribution in [-0.4, -0.2) is 43.6 Å². The molecule has 0 fully saturated rings. The molecule has 13 heteroatoms. The van der Waals surface area contributed by atoms with Gasteiger partial charge in [-0.05, 0) is 60.9 Å². The maximum absolute atomic E-state index is 13.5. The van der Waals surface area contributed by atoms with Crippen molar-refractivity contribution < 1.29 is 44.1 Å². The number of benzene rings is 5. The van der Waals surface area contributed by atoms with Gasteiger partial charge < -0.3 is 18.9 Å². The van der Waals surface area contributed by atoms with Crippen LogP contribution < -0.4 is 18.9 Å². The third-order valence-electron chi connectivity index (χ3n) is 9.66. The van der Waals surface area contributed by atoms with E-state index in [2.05, 4.69) is 6.07 Å². The number of ether oxygens (including phenoxy) is 4. The Kier molecular flexibility index (Phi) is 9.22. The molecule has 4 unspecified atom stereocenters. The fourth-order valence-corrected chi connectivity index (χ4v) is 8.83. The van der Waals surface area contributed by atoms with Crippen molar-refractivity contribution in [3.05, 3.63) is 153 Å². The van der Waals surface area contributed by atoms with E-state index in [0.29, 0.717) is 39.3 Å². The Bertz CT molecular complexity index is 2490. The zero-order valence-corrected chi connectivity index (χ0v) is 31.9. The van der Waals surface area contributed by atoms with E-state index in [1.54, 1.807) is 78.9 Å². The lowest BCUT2D eigenvalue weighted by Crippen LogP contribution is -2.39. The first kappa shape index (κ1) is 36.9. The van der Waals surface area contributed by atoms with Crippen LogP contribution in [0.4, 0.5) is 0 Å². The lowest BCUT2D eigenvalue weighted by molar-refractivity contribution is 0.0164. The summed E-state index contributed by atoms with van der Waals surface area (Å²) >= 11 is 0. The lowest BCUT2D eigenvalue weighted by atomic mass is 9.76. The van der Waals surface area contributed by atoms with E-state index >= 15 is 0 Å². The molecule has 0 saturated carbocycles. The summed E-state index contributed by atoms with van der Waals surface area (Å²) in [7, 11) is -5.49. The highest BCUT2D eigenvalue weighted by molar-refractivity contribution is 7.86. The summed E-state index contributed by atoms with van der Waals surface area (Å²) in [6.07, 6.45) is -0.313. The van der Waals surface area contributed by atoms with Gasteiger partial charge in [0.25, 0.3) is 20.2 Å². The van der Waals surface area contributed by atoms with Gasteiger partial charge in [-0.1, -0.05) is 71.8 Å². The van der Waals surface area contributed by atoms with Gasteiger partial charge in [-0.15, -0.1) is 0 Å². The number of aryl methyl sites for hydroxylation is 2. The molecule has 2 heterocycles. The number of methoxy groups -OCH3 is 2. The molecule has 0 radical (unpaired) electrons. The molecule has 0 bridgehead atoms. The number of rotatable bonds is 10. The zero-order valence-electron chi connectivity index (χ0n) is 30.3. The van der Waals surface area contributed by atoms with Crippen molar-refractivity contribution in [1.82, 2.24) is 0 Å². The van der Waals surface area contributed by atoms with Crippen LogP contribution in [0.1, 0.15) is 62.3 Å². The molecule has 4 atom stereocenters. The summed E-state index contributed by atoms with van der Waals surface area (Å²) in [5, 5.41) is 9.52. The van der Waals surface area contributed by atoms with E-state index in [0.717, 1.165) is 23.6 Å². The SMILES string of the molecule is COc1cc(OC)cc(C2Oc3cc4c(cc3C2(OS(C)(=O)=O)c2ccc(C)cc2)C(OS(C)(=O)=O)(c2ccc(C)cc2)C(c2ccc(C#N)cc2)O4)c1. The molecule has 0 saturated heterocycles. The number of nitriles is 1. The van der Waals surface area contributed by atoms with Crippen LogP contribution in [0.3, 0.4) is 0 Å². The predicted octanol–water partition coefficient (Wildman–Crippen LogP) is 6.90. The van der Waals surface area contributed by atoms with Gasteiger partial charge in [0.05, 0.1) is 38.4 Å². The second kappa shape index (κ2) is 13.5. The number of hydrogen-bond acceptors (Lipinski definition) is 11. The molecule has 0 aromatic heterocycles. The van der Waals surface area contributed by atoms with Gasteiger partial charge >= 0.3 is 0 Å². The first-order valence-corrected chi connectivity index (χ1v) is 20.4. The molecule has 2 aliphatic rings. The van der Waals surface area contributed by atoms with E-state index in [-0.39, 0.29) is 22.6 Å². The highest BCUT2D eigenvalue weighted by Crippen LogP contribution is 2.62. The van der Waals surface area contributed by atoms with Gasteiger partial charge in [0, 0.05) is 28.8 Å². The summed E-state index contributed by atoms with van der Waals surface area (Å²) in [6, 6.07) is 31.5. The fraction of sp³-hybridized carbons (Fsp3) is 0.244. The van der Waals surface area contributed by atoms with Crippen molar-refractivity contribution >= 4 is 20.2 Å². The Hall–Kier alpha value is -5.39. The molecule has 5 aromatic carbocycles. The topological polar surface area (TPSA) is 147 Å². The van der Waals surface area contributed by atoms with Crippen LogP contribution in [0.5, 0.6) is 23.0 Å². The van der Waals surface area contributed by atoms with Crippen LogP contribution in [0, 0.1) is 25.2 Å². The normalized spacial score (nSPS) is 21.6. The van der Waals surface area contributed by atoms with E-state index in [4.69, 9.17) is 27.3 Å². The third kappa shape index (κ3) is 6.45. The molecule has 0 spiro atoms. The van der Waals surface area contributed by atoms with E-state index in [9.17, 15) is 22.1 Å². The first-order valence-electron chi connectivity index (χ1n) is 16.8. The fourth-order valence-electron chi connectivity index (χ4n) is 7.32. The second-order valence-electron chi connectivity index (χ2n) is 13.5. The zero-order chi connectivity index (χ0) is 38.6. The Morgan fingerprint density at radius 2 is 1.02 bits per heavy atom. The third-order valence-corrected chi connectivity index (χ3v) is 10.8. The van der Waals surface area contributed by atoms with E-state index < -0.39 is 43.6 Å². The van der Waals surface area contributed by atoms with Gasteiger partial charge in [0.15, 0.2) is 23.4 Å². The predicted molar refractivity (Wildman–Crippen MR) is 200 cm³/mol. The Balaban J connectivity index is 1.58. The standard InChI is InChI=1S/C41H37NO10S2/c1-25-7-15-30(16-8-25)40(51-53(5,43)44)34-22-35-37(23-36(34)49-38(40)28-13-11-27(24-42)12-14-28)50-39(29-19-32(47-3)21-33(20-29)48-4)41(35,52-54(6,45)46)31-17-9-26(2)10-18-31/h7-23,38-39H,1-6H3. The van der Waals surface area contributed by atoms with Crippen LogP contribution in [0.2, 0.25) is 0 Å². The maximum atomic E-state index is 13.5. The van der Waals surface area contributed by atoms with Crippen LogP contribution in [-0.2, 0) is 39.8 Å². The minimum atomic E-state index is -4.26. The van der Waals surface area contributed by atoms with Crippen molar-refractivity contribution in [2.45, 2.75) is 37.3 Å². The van der Waals surface area contributed by atoms with Crippen molar-refractivity contribution in [1.29, 1.82) is 5.26 Å². The summed E-state index contributed by atoms with van der Waals surface area (Å²) in [4.78, 5) is 0. The summed E-state index contributed by atoms with van der Waals surface area (Å²) in [5.74, 6) is 1.31. The van der Waals surface area contributed by atoms with Crippen LogP contribution in [0.15, 0.2) is 103 Å². The quantitative estimate of drug-likeness (QED) is 0.137. The van der Waals surface area contributed by atoms with Crippen molar-refractivity contribution in [3.8, 4) is 29.1 Å². The van der Waals surface area contributed by atoms with Gasteiger partial charge in [-0.2, -0.15) is 22.1 Å². The van der Waals surface area contributed by atoms with Crippen LogP contribution >= 0.6 is 0 Å². The van der Waals surface area contributed by atoms with Gasteiger partial charge in [0.1, 0.15) is 23.0 Å². The summed E-state index contributed by atoms with van der Waals surface area (Å²) < 4.78 is 90.9. The molecular weight excluding hydrogens is 731 g/mol. The monoisotopic (exact) mass is 767 g/mol. The summed E-state index contributed by atoms with van der Waals surface area (Å²) in [6.45, 7) is 3.81. The molecule has 0 amide bonds. The number of fused-ring (bicyclic) bond motifs is 2. The largest absolute Gasteiger partial charge is 0.497 e. The van der Waals surface area contributed by atoms with E-state index in [1.165, 1.54) is 14.2 Å². The van der Waals surface area contributed by atoms with Gasteiger partial charge in [-0.25, -0.2) is 8.37 Å². The highest BCUT2D eigenvalue weighted by atomic mass is 32.2. The minimum Gasteiger partial charge on any atom is -0.497 e. The molecule has 2 aliphatic heterocycles. The molecule has 54 heavy (non-hydrogen) atoms. The minimum absolute atomic E-state index is 0.224. The Labute approximate surface area is 314 Å². The molecule has 5 aromatic rings. The molecule has 11 nitrogen and oxygen atoms in total. The van der Waals surface area contributed by atoms with Crippen molar-refractivity contribution in [3.63, 3.8) is 0 Å². The number of nitrogens with zero attached hydrogens (tertiary/aromatic N) is 1. The molecule has 7 rings (SSSR count). The molecule has 0 N–H and O–H groups in total. The lowest BCUT2D eigenvalue weighted by Gasteiger charge is -2.36. The molecule has 278 valence electrons. The smallest absolute Gasteiger partial charge is 0.265 e. The number of hydrogen-bond donors (Lipinski definition) is 0. The van der Waals surface area contributed by atoms with Crippen molar-refractivity contribution in [2.75, 3.05) is 26.7 Å². The van der Waals surface area contributed by atoms with Gasteiger partial charge in [0.2, 0.25) is 0 Å². The average Bonchev–Trinajstić information content (AvgIpc) is 3.61. The first-order chi connectivity index (χ1) is 25.6. The van der Waals surface area contributed by atoms with Crippen LogP contribution in [0.25, 0.3) is 0 Å². The Morgan fingerprint density at radius 3 is 1.41 bits per heavy atom. The average molecular weight is 768 g/mol. The second-order valence-corrected chi connectivity index (χ2v) is 16.6. The molecule has 0 aliphatic carbocycles. The van der Waals surface area contributed by atoms with Crippen molar-refractivity contribution in [2.24, 2.45) is 0 Å². The highest BCUT2D eigenvalue weighted by Gasteiger charge is 2.60. The molecular formula is C41H37NO10S2. The summed E-state index contributed by atoms with van der Waals surface area (Å²) in [5.41, 5.74) is 0.954. The Morgan fingerprint density at radius 1 is 0.593 bits per heavy atom. The van der Waals surface area contributed by atoms with E-state index in [1.807, 2.05) is 38.1 Å². The maximum Gasteiger partial charge on any atom is 0.265 e.